The summed E-state index contributed by atoms with van der Waals surface area (Å²) in [6, 6.07) is 10.3. The fourth-order valence-corrected chi connectivity index (χ4v) is 5.00. The van der Waals surface area contributed by atoms with Crippen molar-refractivity contribution in [3.8, 4) is 0 Å². The molecule has 3 fully saturated rings. The van der Waals surface area contributed by atoms with Crippen molar-refractivity contribution in [2.75, 3.05) is 19.6 Å². The van der Waals surface area contributed by atoms with Crippen LogP contribution in [0, 0.1) is 11.8 Å². The Morgan fingerprint density at radius 3 is 2.76 bits per heavy atom. The van der Waals surface area contributed by atoms with Crippen LogP contribution in [0.5, 0.6) is 0 Å². The molecule has 4 heterocycles. The van der Waals surface area contributed by atoms with Crippen LogP contribution in [0.2, 0.25) is 0 Å². The highest BCUT2D eigenvalue weighted by atomic mass is 32.1. The average Bonchev–Trinajstić information content (AvgIpc) is 2.98. The summed E-state index contributed by atoms with van der Waals surface area (Å²) >= 11 is 1.65. The lowest BCUT2D eigenvalue weighted by Crippen LogP contribution is -2.47. The highest BCUT2D eigenvalue weighted by Gasteiger charge is 2.33. The smallest absolute Gasteiger partial charge is 0.172 e. The molecule has 21 heavy (non-hydrogen) atoms. The number of Topliss-reactive ketones (excluding diaryl/α,β-unsaturated/α-hetero) is 1. The number of carbonyl (C=O) groups excluding carboxylic acids is 1. The lowest BCUT2D eigenvalue weighted by atomic mass is 9.76. The molecule has 1 aromatic heterocycles. The van der Waals surface area contributed by atoms with E-state index in [0.717, 1.165) is 29.6 Å². The summed E-state index contributed by atoms with van der Waals surface area (Å²) in [5.41, 5.74) is 0. The Bertz CT molecular complexity index is 621. The maximum Gasteiger partial charge on any atom is 0.172 e. The standard InChI is InChI=1S/C18H21NOS/c20-16(18-11-14-3-1-2-4-17(14)21-18)6-5-15-12-19-9-7-13(15)8-10-19/h1-4,11,13,15H,5-10,12H2. The molecular formula is C18H21NOS. The third-order valence-electron chi connectivity index (χ3n) is 5.23. The molecule has 3 aliphatic heterocycles. The first-order valence-electron chi connectivity index (χ1n) is 8.04. The van der Waals surface area contributed by atoms with Crippen LogP contribution in [-0.2, 0) is 0 Å². The van der Waals surface area contributed by atoms with Crippen molar-refractivity contribution < 1.29 is 4.79 Å². The Hall–Kier alpha value is -1.19. The van der Waals surface area contributed by atoms with Crippen LogP contribution in [-0.4, -0.2) is 30.3 Å². The summed E-state index contributed by atoms with van der Waals surface area (Å²) in [4.78, 5) is 16.0. The number of nitrogens with zero attached hydrogens (tertiary/aromatic N) is 1. The Kier molecular flexibility index (Phi) is 3.56. The number of piperidine rings is 3. The molecule has 0 aliphatic carbocycles. The van der Waals surface area contributed by atoms with Crippen molar-refractivity contribution in [2.45, 2.75) is 25.7 Å². The highest BCUT2D eigenvalue weighted by molar-refractivity contribution is 7.20. The number of ketones is 1. The number of benzene rings is 1. The molecule has 5 rings (SSSR count). The maximum absolute atomic E-state index is 12.5. The molecule has 110 valence electrons. The summed E-state index contributed by atoms with van der Waals surface area (Å²) in [5, 5.41) is 1.20. The molecule has 3 aliphatic rings. The van der Waals surface area contributed by atoms with Gasteiger partial charge in [-0.25, -0.2) is 0 Å². The van der Waals surface area contributed by atoms with E-state index in [2.05, 4.69) is 23.1 Å². The van der Waals surface area contributed by atoms with Gasteiger partial charge in [0.25, 0.3) is 0 Å². The van der Waals surface area contributed by atoms with Crippen molar-refractivity contribution in [3.63, 3.8) is 0 Å². The number of fused-ring (bicyclic) bond motifs is 4. The summed E-state index contributed by atoms with van der Waals surface area (Å²) < 4.78 is 1.23. The Morgan fingerprint density at radius 1 is 1.24 bits per heavy atom. The molecule has 2 aromatic rings. The highest BCUT2D eigenvalue weighted by Crippen LogP contribution is 2.35. The number of carbonyl (C=O) groups is 1. The summed E-state index contributed by atoms with van der Waals surface area (Å²) in [5.74, 6) is 1.98. The van der Waals surface area contributed by atoms with Gasteiger partial charge in [0, 0.05) is 17.7 Å². The van der Waals surface area contributed by atoms with Crippen LogP contribution in [0.25, 0.3) is 10.1 Å². The van der Waals surface area contributed by atoms with Gasteiger partial charge in [0.1, 0.15) is 0 Å². The third kappa shape index (κ3) is 2.65. The van der Waals surface area contributed by atoms with E-state index in [1.54, 1.807) is 11.3 Å². The van der Waals surface area contributed by atoms with Gasteiger partial charge in [-0.15, -0.1) is 11.3 Å². The molecule has 2 bridgehead atoms. The zero-order valence-electron chi connectivity index (χ0n) is 12.3. The third-order valence-corrected chi connectivity index (χ3v) is 6.39. The number of hydrogen-bond donors (Lipinski definition) is 0. The van der Waals surface area contributed by atoms with E-state index in [-0.39, 0.29) is 0 Å². The Balaban J connectivity index is 1.41. The number of rotatable bonds is 4. The quantitative estimate of drug-likeness (QED) is 0.788. The normalized spacial score (nSPS) is 28.1. The molecule has 1 aromatic carbocycles. The van der Waals surface area contributed by atoms with Gasteiger partial charge in [-0.3, -0.25) is 4.79 Å². The lowest BCUT2D eigenvalue weighted by molar-refractivity contribution is 0.0451. The van der Waals surface area contributed by atoms with Crippen LogP contribution in [0.4, 0.5) is 0 Å². The largest absolute Gasteiger partial charge is 0.303 e. The summed E-state index contributed by atoms with van der Waals surface area (Å²) in [7, 11) is 0. The summed E-state index contributed by atoms with van der Waals surface area (Å²) in [6.45, 7) is 3.79. The van der Waals surface area contributed by atoms with Crippen LogP contribution < -0.4 is 0 Å². The van der Waals surface area contributed by atoms with Crippen molar-refractivity contribution in [3.05, 3.63) is 35.2 Å². The second-order valence-corrected chi connectivity index (χ2v) is 7.59. The van der Waals surface area contributed by atoms with E-state index in [1.165, 1.54) is 42.6 Å². The monoisotopic (exact) mass is 299 g/mol. The molecule has 0 saturated carbocycles. The zero-order valence-corrected chi connectivity index (χ0v) is 13.1. The van der Waals surface area contributed by atoms with E-state index in [0.29, 0.717) is 5.78 Å². The van der Waals surface area contributed by atoms with Gasteiger partial charge in [0.05, 0.1) is 4.88 Å². The van der Waals surface area contributed by atoms with Gasteiger partial charge in [-0.2, -0.15) is 0 Å². The van der Waals surface area contributed by atoms with Crippen LogP contribution in [0.1, 0.15) is 35.4 Å². The minimum Gasteiger partial charge on any atom is -0.303 e. The van der Waals surface area contributed by atoms with Gasteiger partial charge < -0.3 is 4.90 Å². The van der Waals surface area contributed by atoms with Gasteiger partial charge in [-0.05, 0) is 61.7 Å². The molecule has 1 unspecified atom stereocenters. The molecule has 0 N–H and O–H groups in total. The fourth-order valence-electron chi connectivity index (χ4n) is 3.97. The van der Waals surface area contributed by atoms with Crippen LogP contribution in [0.3, 0.4) is 0 Å². The molecule has 3 heteroatoms. The van der Waals surface area contributed by atoms with E-state index < -0.39 is 0 Å². The average molecular weight is 299 g/mol. The first-order valence-corrected chi connectivity index (χ1v) is 8.85. The molecule has 0 amide bonds. The van der Waals surface area contributed by atoms with Gasteiger partial charge in [0.2, 0.25) is 0 Å². The van der Waals surface area contributed by atoms with Gasteiger partial charge in [-0.1, -0.05) is 18.2 Å². The van der Waals surface area contributed by atoms with Crippen LogP contribution >= 0.6 is 11.3 Å². The number of thiophene rings is 1. The molecule has 3 saturated heterocycles. The first kappa shape index (κ1) is 13.5. The fraction of sp³-hybridized carbons (Fsp3) is 0.500. The second-order valence-electron chi connectivity index (χ2n) is 6.51. The molecule has 1 atom stereocenters. The zero-order chi connectivity index (χ0) is 14.2. The van der Waals surface area contributed by atoms with Crippen molar-refractivity contribution in [2.24, 2.45) is 11.8 Å². The lowest BCUT2D eigenvalue weighted by Gasteiger charge is -2.44. The minimum atomic E-state index is 0.340. The predicted molar refractivity (Wildman–Crippen MR) is 88.0 cm³/mol. The molecular weight excluding hydrogens is 278 g/mol. The number of hydrogen-bond acceptors (Lipinski definition) is 3. The minimum absolute atomic E-state index is 0.340. The Morgan fingerprint density at radius 2 is 2.05 bits per heavy atom. The van der Waals surface area contributed by atoms with Gasteiger partial charge in [0.15, 0.2) is 5.78 Å². The van der Waals surface area contributed by atoms with E-state index >= 15 is 0 Å². The Labute approximate surface area is 129 Å². The van der Waals surface area contributed by atoms with E-state index in [9.17, 15) is 4.79 Å². The van der Waals surface area contributed by atoms with Crippen LogP contribution in [0.15, 0.2) is 30.3 Å². The summed E-state index contributed by atoms with van der Waals surface area (Å²) in [6.07, 6.45) is 4.50. The van der Waals surface area contributed by atoms with Crippen molar-refractivity contribution in [1.29, 1.82) is 0 Å². The topological polar surface area (TPSA) is 20.3 Å². The van der Waals surface area contributed by atoms with Crippen molar-refractivity contribution >= 4 is 27.2 Å². The van der Waals surface area contributed by atoms with Gasteiger partial charge >= 0.3 is 0 Å². The SMILES string of the molecule is O=C(CCC1CN2CCC1CC2)c1cc2ccccc2s1. The molecule has 2 nitrogen and oxygen atoms in total. The predicted octanol–water partition coefficient (Wildman–Crippen LogP) is 4.21. The molecule has 0 spiro atoms. The molecule has 0 radical (unpaired) electrons. The first-order chi connectivity index (χ1) is 10.3. The maximum atomic E-state index is 12.5. The second kappa shape index (κ2) is 5.54. The van der Waals surface area contributed by atoms with E-state index in [1.807, 2.05) is 12.1 Å². The van der Waals surface area contributed by atoms with E-state index in [4.69, 9.17) is 0 Å². The van der Waals surface area contributed by atoms with Crippen molar-refractivity contribution in [1.82, 2.24) is 4.90 Å².